The Morgan fingerprint density at radius 1 is 1.43 bits per heavy atom. The minimum atomic E-state index is -4.48. The quantitative estimate of drug-likeness (QED) is 0.818. The van der Waals surface area contributed by atoms with E-state index in [-0.39, 0.29) is 22.6 Å². The van der Waals surface area contributed by atoms with Crippen LogP contribution in [0.4, 0.5) is 18.9 Å². The number of hydrogen-bond acceptors (Lipinski definition) is 3. The zero-order valence-corrected chi connectivity index (χ0v) is 13.1. The van der Waals surface area contributed by atoms with Gasteiger partial charge in [-0.1, -0.05) is 15.9 Å². The van der Waals surface area contributed by atoms with Gasteiger partial charge in [0.05, 0.1) is 12.2 Å². The Kier molecular flexibility index (Phi) is 6.45. The Balaban J connectivity index is 0.00000220. The second-order valence-corrected chi connectivity index (χ2v) is 5.10. The molecule has 2 N–H and O–H groups in total. The molecule has 1 aliphatic heterocycles. The van der Waals surface area contributed by atoms with Crippen molar-refractivity contribution in [2.75, 3.05) is 25.0 Å². The Labute approximate surface area is 134 Å². The van der Waals surface area contributed by atoms with E-state index in [4.69, 9.17) is 4.74 Å². The van der Waals surface area contributed by atoms with Crippen LogP contribution in [0.15, 0.2) is 22.7 Å². The van der Waals surface area contributed by atoms with Gasteiger partial charge < -0.3 is 15.4 Å². The maximum absolute atomic E-state index is 12.7. The summed E-state index contributed by atoms with van der Waals surface area (Å²) in [6, 6.07) is 3.53. The van der Waals surface area contributed by atoms with Crippen molar-refractivity contribution in [2.24, 2.45) is 0 Å². The van der Waals surface area contributed by atoms with Crippen LogP contribution in [0.25, 0.3) is 0 Å². The van der Waals surface area contributed by atoms with Gasteiger partial charge in [-0.15, -0.1) is 12.4 Å². The number of nitrogens with one attached hydrogen (secondary N) is 2. The van der Waals surface area contributed by atoms with Gasteiger partial charge in [0.1, 0.15) is 6.10 Å². The van der Waals surface area contributed by atoms with Crippen LogP contribution >= 0.6 is 28.3 Å². The molecule has 0 saturated carbocycles. The van der Waals surface area contributed by atoms with Crippen molar-refractivity contribution < 1.29 is 22.7 Å². The summed E-state index contributed by atoms with van der Waals surface area (Å²) >= 11 is 2.84. The monoisotopic (exact) mass is 388 g/mol. The summed E-state index contributed by atoms with van der Waals surface area (Å²) < 4.78 is 43.4. The van der Waals surface area contributed by atoms with Crippen molar-refractivity contribution in [3.63, 3.8) is 0 Å². The molecule has 21 heavy (non-hydrogen) atoms. The summed E-state index contributed by atoms with van der Waals surface area (Å²) in [5.74, 6) is -0.465. The topological polar surface area (TPSA) is 50.4 Å². The number of anilines is 1. The van der Waals surface area contributed by atoms with Crippen LogP contribution in [0, 0.1) is 0 Å². The fourth-order valence-electron chi connectivity index (χ4n) is 1.78. The summed E-state index contributed by atoms with van der Waals surface area (Å²) in [5.41, 5.74) is -0.752. The van der Waals surface area contributed by atoms with Crippen LogP contribution in [-0.4, -0.2) is 31.7 Å². The van der Waals surface area contributed by atoms with Crippen molar-refractivity contribution in [1.29, 1.82) is 0 Å². The van der Waals surface area contributed by atoms with Gasteiger partial charge in [0.25, 0.3) is 5.91 Å². The number of ether oxygens (including phenoxy) is 1. The van der Waals surface area contributed by atoms with E-state index in [1.54, 1.807) is 0 Å². The molecule has 0 bridgehead atoms. The Morgan fingerprint density at radius 2 is 2.14 bits per heavy atom. The number of carbonyl (C=O) groups excluding carboxylic acids is 1. The first-order valence-corrected chi connectivity index (χ1v) is 6.67. The van der Waals surface area contributed by atoms with Crippen LogP contribution in [0.2, 0.25) is 0 Å². The molecule has 0 spiro atoms. The van der Waals surface area contributed by atoms with Gasteiger partial charge in [-0.3, -0.25) is 4.79 Å². The predicted octanol–water partition coefficient (Wildman–Crippen LogP) is 2.82. The highest BCUT2D eigenvalue weighted by molar-refractivity contribution is 9.10. The third-order valence-corrected chi connectivity index (χ3v) is 3.45. The van der Waals surface area contributed by atoms with Gasteiger partial charge in [0.2, 0.25) is 0 Å². The highest BCUT2D eigenvalue weighted by Crippen LogP contribution is 2.36. The first-order valence-electron chi connectivity index (χ1n) is 5.88. The van der Waals surface area contributed by atoms with Crippen molar-refractivity contribution in [3.8, 4) is 0 Å². The fourth-order valence-corrected chi connectivity index (χ4v) is 2.25. The number of halogens is 5. The van der Waals surface area contributed by atoms with Crippen LogP contribution in [0.3, 0.4) is 0 Å². The lowest BCUT2D eigenvalue weighted by atomic mass is 10.2. The van der Waals surface area contributed by atoms with E-state index < -0.39 is 23.8 Å². The van der Waals surface area contributed by atoms with Crippen LogP contribution < -0.4 is 10.6 Å². The van der Waals surface area contributed by atoms with E-state index in [2.05, 4.69) is 26.6 Å². The molecule has 1 aliphatic rings. The highest BCUT2D eigenvalue weighted by atomic mass is 79.9. The van der Waals surface area contributed by atoms with Gasteiger partial charge in [-0.25, -0.2) is 0 Å². The van der Waals surface area contributed by atoms with E-state index in [1.165, 1.54) is 12.1 Å². The van der Waals surface area contributed by atoms with Gasteiger partial charge >= 0.3 is 6.18 Å². The zero-order valence-electron chi connectivity index (χ0n) is 10.7. The second-order valence-electron chi connectivity index (χ2n) is 4.25. The summed E-state index contributed by atoms with van der Waals surface area (Å²) in [6.45, 7) is 1.39. The molecule has 2 rings (SSSR count). The van der Waals surface area contributed by atoms with Gasteiger partial charge in [-0.05, 0) is 18.2 Å². The molecule has 1 saturated heterocycles. The Hall–Kier alpha value is -0.830. The first-order chi connectivity index (χ1) is 9.38. The van der Waals surface area contributed by atoms with Gasteiger partial charge in [-0.2, -0.15) is 13.2 Å². The third-order valence-electron chi connectivity index (χ3n) is 2.76. The lowest BCUT2D eigenvalue weighted by molar-refractivity contribution is -0.138. The normalized spacial score (nSPS) is 18.8. The maximum atomic E-state index is 12.7. The summed E-state index contributed by atoms with van der Waals surface area (Å²) in [7, 11) is 0. The van der Waals surface area contributed by atoms with E-state index in [0.717, 1.165) is 6.07 Å². The minimum absolute atomic E-state index is 0. The lowest BCUT2D eigenvalue weighted by Gasteiger charge is -2.23. The van der Waals surface area contributed by atoms with Crippen molar-refractivity contribution in [1.82, 2.24) is 5.32 Å². The van der Waals surface area contributed by atoms with Crippen molar-refractivity contribution in [3.05, 3.63) is 28.2 Å². The van der Waals surface area contributed by atoms with E-state index in [1.807, 2.05) is 0 Å². The number of amides is 1. The molecular formula is C12H13BrClF3N2O2. The molecule has 1 atom stereocenters. The summed E-state index contributed by atoms with van der Waals surface area (Å²) in [4.78, 5) is 11.8. The van der Waals surface area contributed by atoms with Crippen LogP contribution in [-0.2, 0) is 15.7 Å². The molecule has 118 valence electrons. The number of rotatable bonds is 2. The van der Waals surface area contributed by atoms with Gasteiger partial charge in [0.15, 0.2) is 0 Å². The molecule has 9 heteroatoms. The molecule has 1 aromatic carbocycles. The number of carbonyl (C=O) groups is 1. The number of hydrogen-bond donors (Lipinski definition) is 2. The molecular weight excluding hydrogens is 376 g/mol. The Morgan fingerprint density at radius 3 is 2.71 bits per heavy atom. The zero-order chi connectivity index (χ0) is 14.8. The van der Waals surface area contributed by atoms with Crippen LogP contribution in [0.5, 0.6) is 0 Å². The average molecular weight is 390 g/mol. The number of alkyl halides is 3. The van der Waals surface area contributed by atoms with E-state index >= 15 is 0 Å². The van der Waals surface area contributed by atoms with E-state index in [0.29, 0.717) is 19.7 Å². The average Bonchev–Trinajstić information content (AvgIpc) is 2.40. The Bertz CT molecular complexity index is 508. The number of morpholine rings is 1. The molecule has 0 aromatic heterocycles. The molecule has 1 aromatic rings. The number of benzene rings is 1. The largest absolute Gasteiger partial charge is 0.417 e. The SMILES string of the molecule is Cl.O=C(Nc1ccc(Br)c(C(F)(F)F)c1)C1CNCCO1. The lowest BCUT2D eigenvalue weighted by Crippen LogP contribution is -2.45. The molecule has 1 amide bonds. The molecule has 1 fully saturated rings. The highest BCUT2D eigenvalue weighted by Gasteiger charge is 2.33. The molecule has 0 aliphatic carbocycles. The summed E-state index contributed by atoms with van der Waals surface area (Å²) in [6.07, 6.45) is -5.18. The molecule has 4 nitrogen and oxygen atoms in total. The van der Waals surface area contributed by atoms with Gasteiger partial charge in [0, 0.05) is 23.2 Å². The molecule has 0 radical (unpaired) electrons. The maximum Gasteiger partial charge on any atom is 0.417 e. The molecule has 1 heterocycles. The summed E-state index contributed by atoms with van der Waals surface area (Å²) in [5, 5.41) is 5.40. The first kappa shape index (κ1) is 18.2. The predicted molar refractivity (Wildman–Crippen MR) is 77.6 cm³/mol. The van der Waals surface area contributed by atoms with Crippen LogP contribution in [0.1, 0.15) is 5.56 Å². The smallest absolute Gasteiger partial charge is 0.366 e. The van der Waals surface area contributed by atoms with E-state index in [9.17, 15) is 18.0 Å². The molecule has 1 unspecified atom stereocenters. The van der Waals surface area contributed by atoms with Crippen molar-refractivity contribution >= 4 is 39.9 Å². The second kappa shape index (κ2) is 7.44. The fraction of sp³-hybridized carbons (Fsp3) is 0.417. The third kappa shape index (κ3) is 4.84. The minimum Gasteiger partial charge on any atom is -0.366 e. The van der Waals surface area contributed by atoms with Crippen molar-refractivity contribution in [2.45, 2.75) is 12.3 Å². The standard InChI is InChI=1S/C12H12BrF3N2O2.ClH/c13-9-2-1-7(5-8(9)12(14,15)16)18-11(19)10-6-17-3-4-20-10;/h1-2,5,10,17H,3-4,6H2,(H,18,19);1H.